The van der Waals surface area contributed by atoms with Crippen LogP contribution in [-0.2, 0) is 14.4 Å². The van der Waals surface area contributed by atoms with Crippen LogP contribution in [0.25, 0.3) is 0 Å². The standard InChI is InChI=1S/C22H24N4O4/c1-3-13-23-21(28)22(29)26-24-14-17-9-11-19(12-10-17)30-15-20(27)25-16(2)18-7-5-4-6-8-18/h3-12,14,16H,1,13,15H2,2H3,(H,23,28)(H,25,27)(H,26,29)/b24-14-/t16-/m1/s1. The number of hydrogen-bond acceptors (Lipinski definition) is 5. The van der Waals surface area contributed by atoms with Gasteiger partial charge in [0, 0.05) is 6.54 Å². The van der Waals surface area contributed by atoms with Crippen LogP contribution in [0.5, 0.6) is 5.75 Å². The van der Waals surface area contributed by atoms with Crippen molar-refractivity contribution in [2.45, 2.75) is 13.0 Å². The molecule has 0 saturated heterocycles. The van der Waals surface area contributed by atoms with Crippen molar-refractivity contribution in [3.63, 3.8) is 0 Å². The zero-order chi connectivity index (χ0) is 21.8. The fourth-order valence-electron chi connectivity index (χ4n) is 2.37. The lowest BCUT2D eigenvalue weighted by Crippen LogP contribution is -2.37. The summed E-state index contributed by atoms with van der Waals surface area (Å²) < 4.78 is 5.48. The Morgan fingerprint density at radius 2 is 1.77 bits per heavy atom. The molecule has 0 aliphatic rings. The molecule has 2 aromatic rings. The van der Waals surface area contributed by atoms with Gasteiger partial charge in [0.1, 0.15) is 5.75 Å². The molecule has 0 spiro atoms. The fourth-order valence-corrected chi connectivity index (χ4v) is 2.37. The molecule has 0 aliphatic heterocycles. The number of hydrogen-bond donors (Lipinski definition) is 3. The summed E-state index contributed by atoms with van der Waals surface area (Å²) in [6, 6.07) is 16.3. The molecule has 0 aromatic heterocycles. The molecular formula is C22H24N4O4. The van der Waals surface area contributed by atoms with Crippen molar-refractivity contribution in [2.24, 2.45) is 5.10 Å². The number of ether oxygens (including phenoxy) is 1. The van der Waals surface area contributed by atoms with Crippen LogP contribution >= 0.6 is 0 Å². The molecule has 3 amide bonds. The molecule has 156 valence electrons. The van der Waals surface area contributed by atoms with Gasteiger partial charge >= 0.3 is 11.8 Å². The highest BCUT2D eigenvalue weighted by Crippen LogP contribution is 2.13. The van der Waals surface area contributed by atoms with E-state index in [-0.39, 0.29) is 25.1 Å². The van der Waals surface area contributed by atoms with E-state index < -0.39 is 11.8 Å². The fraction of sp³-hybridized carbons (Fsp3) is 0.182. The summed E-state index contributed by atoms with van der Waals surface area (Å²) in [4.78, 5) is 34.9. The van der Waals surface area contributed by atoms with Crippen molar-refractivity contribution in [1.29, 1.82) is 0 Å². The van der Waals surface area contributed by atoms with Gasteiger partial charge in [0.05, 0.1) is 12.3 Å². The van der Waals surface area contributed by atoms with Gasteiger partial charge in [-0.05, 0) is 42.3 Å². The van der Waals surface area contributed by atoms with E-state index in [0.29, 0.717) is 11.3 Å². The number of rotatable bonds is 9. The second-order valence-electron chi connectivity index (χ2n) is 6.26. The van der Waals surface area contributed by atoms with Crippen LogP contribution in [0.4, 0.5) is 0 Å². The Labute approximate surface area is 175 Å². The molecule has 0 bridgehead atoms. The summed E-state index contributed by atoms with van der Waals surface area (Å²) in [6.07, 6.45) is 2.85. The molecule has 2 aromatic carbocycles. The second-order valence-corrected chi connectivity index (χ2v) is 6.26. The van der Waals surface area contributed by atoms with Gasteiger partial charge in [-0.3, -0.25) is 14.4 Å². The van der Waals surface area contributed by atoms with Gasteiger partial charge in [-0.2, -0.15) is 5.10 Å². The van der Waals surface area contributed by atoms with Gasteiger partial charge in [-0.15, -0.1) is 6.58 Å². The lowest BCUT2D eigenvalue weighted by molar-refractivity contribution is -0.139. The van der Waals surface area contributed by atoms with Gasteiger partial charge in [0.15, 0.2) is 6.61 Å². The smallest absolute Gasteiger partial charge is 0.329 e. The van der Waals surface area contributed by atoms with E-state index in [2.05, 4.69) is 27.7 Å². The number of hydrazone groups is 1. The monoisotopic (exact) mass is 408 g/mol. The predicted molar refractivity (Wildman–Crippen MR) is 114 cm³/mol. The average molecular weight is 408 g/mol. The van der Waals surface area contributed by atoms with E-state index in [1.165, 1.54) is 12.3 Å². The third kappa shape index (κ3) is 7.59. The number of carbonyl (C=O) groups excluding carboxylic acids is 3. The molecule has 0 saturated carbocycles. The van der Waals surface area contributed by atoms with Crippen LogP contribution in [0, 0.1) is 0 Å². The van der Waals surface area contributed by atoms with E-state index in [1.54, 1.807) is 24.3 Å². The minimum atomic E-state index is -0.871. The first-order chi connectivity index (χ1) is 14.5. The molecule has 1 atom stereocenters. The minimum absolute atomic E-state index is 0.111. The minimum Gasteiger partial charge on any atom is -0.484 e. The van der Waals surface area contributed by atoms with Gasteiger partial charge in [0.25, 0.3) is 5.91 Å². The average Bonchev–Trinajstić information content (AvgIpc) is 2.77. The number of benzene rings is 2. The molecular weight excluding hydrogens is 384 g/mol. The van der Waals surface area contributed by atoms with Crippen LogP contribution in [0.15, 0.2) is 72.4 Å². The number of nitrogens with zero attached hydrogens (tertiary/aromatic N) is 1. The summed E-state index contributed by atoms with van der Waals surface area (Å²) in [5.41, 5.74) is 3.82. The second kappa shape index (κ2) is 11.8. The SMILES string of the molecule is C=CCNC(=O)C(=O)N/N=C\c1ccc(OCC(=O)N[C@H](C)c2ccccc2)cc1. The van der Waals surface area contributed by atoms with E-state index in [9.17, 15) is 14.4 Å². The van der Waals surface area contributed by atoms with Crippen molar-refractivity contribution in [1.82, 2.24) is 16.1 Å². The maximum atomic E-state index is 12.1. The molecule has 0 radical (unpaired) electrons. The third-order valence-electron chi connectivity index (χ3n) is 3.92. The summed E-state index contributed by atoms with van der Waals surface area (Å²) >= 11 is 0. The molecule has 0 fully saturated rings. The van der Waals surface area contributed by atoms with E-state index in [0.717, 1.165) is 5.56 Å². The zero-order valence-corrected chi connectivity index (χ0v) is 16.6. The van der Waals surface area contributed by atoms with Crippen molar-refractivity contribution >= 4 is 23.9 Å². The molecule has 8 heteroatoms. The lowest BCUT2D eigenvalue weighted by atomic mass is 10.1. The molecule has 30 heavy (non-hydrogen) atoms. The highest BCUT2D eigenvalue weighted by molar-refractivity contribution is 6.35. The Morgan fingerprint density at radius 1 is 1.07 bits per heavy atom. The maximum absolute atomic E-state index is 12.1. The Bertz CT molecular complexity index is 895. The van der Waals surface area contributed by atoms with Crippen molar-refractivity contribution in [3.05, 3.63) is 78.4 Å². The van der Waals surface area contributed by atoms with Gasteiger partial charge in [-0.25, -0.2) is 5.43 Å². The Balaban J connectivity index is 1.76. The summed E-state index contributed by atoms with van der Waals surface area (Å²) in [6.45, 7) is 5.43. The predicted octanol–water partition coefficient (Wildman–Crippen LogP) is 1.70. The zero-order valence-electron chi connectivity index (χ0n) is 16.6. The maximum Gasteiger partial charge on any atom is 0.329 e. The van der Waals surface area contributed by atoms with E-state index in [1.807, 2.05) is 37.3 Å². The van der Waals surface area contributed by atoms with Crippen molar-refractivity contribution in [3.8, 4) is 5.75 Å². The molecule has 0 unspecified atom stereocenters. The third-order valence-corrected chi connectivity index (χ3v) is 3.92. The molecule has 3 N–H and O–H groups in total. The van der Waals surface area contributed by atoms with E-state index >= 15 is 0 Å². The van der Waals surface area contributed by atoms with Gasteiger partial charge in [-0.1, -0.05) is 36.4 Å². The van der Waals surface area contributed by atoms with Crippen molar-refractivity contribution < 1.29 is 19.1 Å². The van der Waals surface area contributed by atoms with Crippen LogP contribution in [0.2, 0.25) is 0 Å². The van der Waals surface area contributed by atoms with E-state index in [4.69, 9.17) is 4.74 Å². The van der Waals surface area contributed by atoms with Gasteiger partial charge in [0.2, 0.25) is 0 Å². The topological polar surface area (TPSA) is 109 Å². The number of carbonyl (C=O) groups is 3. The molecule has 0 heterocycles. The largest absolute Gasteiger partial charge is 0.484 e. The Morgan fingerprint density at radius 3 is 2.43 bits per heavy atom. The van der Waals surface area contributed by atoms with Crippen LogP contribution in [0.3, 0.4) is 0 Å². The first-order valence-corrected chi connectivity index (χ1v) is 9.29. The first kappa shape index (κ1) is 22.4. The van der Waals surface area contributed by atoms with Crippen LogP contribution in [-0.4, -0.2) is 37.1 Å². The van der Waals surface area contributed by atoms with Crippen LogP contribution < -0.4 is 20.8 Å². The summed E-state index contributed by atoms with van der Waals surface area (Å²) in [5, 5.41) is 8.93. The number of nitrogens with one attached hydrogen (secondary N) is 3. The van der Waals surface area contributed by atoms with Gasteiger partial charge < -0.3 is 15.4 Å². The Kier molecular flexibility index (Phi) is 8.79. The highest BCUT2D eigenvalue weighted by Gasteiger charge is 2.11. The highest BCUT2D eigenvalue weighted by atomic mass is 16.5. The molecule has 2 rings (SSSR count). The quantitative estimate of drug-likeness (QED) is 0.254. The van der Waals surface area contributed by atoms with Crippen molar-refractivity contribution in [2.75, 3.05) is 13.2 Å². The Hall–Kier alpha value is -3.94. The molecule has 8 nitrogen and oxygen atoms in total. The number of amides is 3. The normalized spacial score (nSPS) is 11.4. The van der Waals surface area contributed by atoms with Crippen LogP contribution in [0.1, 0.15) is 24.1 Å². The summed E-state index contributed by atoms with van der Waals surface area (Å²) in [7, 11) is 0. The molecule has 0 aliphatic carbocycles. The summed E-state index contributed by atoms with van der Waals surface area (Å²) in [5.74, 6) is -1.38. The lowest BCUT2D eigenvalue weighted by Gasteiger charge is -2.14. The first-order valence-electron chi connectivity index (χ1n) is 9.29.